The van der Waals surface area contributed by atoms with E-state index in [4.69, 9.17) is 0 Å². The summed E-state index contributed by atoms with van der Waals surface area (Å²) in [6.45, 7) is 35.1. The zero-order valence-corrected chi connectivity index (χ0v) is 51.0. The van der Waals surface area contributed by atoms with Gasteiger partial charge in [-0.05, 0) is 189 Å². The van der Waals surface area contributed by atoms with E-state index in [1.807, 2.05) is 11.3 Å². The Morgan fingerprint density at radius 1 is 0.457 bits per heavy atom. The Kier molecular flexibility index (Phi) is 11.2. The van der Waals surface area contributed by atoms with E-state index in [0.717, 1.165) is 0 Å². The highest BCUT2D eigenvalue weighted by molar-refractivity contribution is 7.33. The summed E-state index contributed by atoms with van der Waals surface area (Å²) in [7, 11) is 0. The summed E-state index contributed by atoms with van der Waals surface area (Å²) in [5, 5.41) is 1.31. The SMILES string of the molecule is Cc1cc2c3c(c1)N(c1ccc(C(C)(C)C)cc1)c1c(sc4cc5c(cc14)-c1ccc(C(C)C)cc1C51c4ccccc4-c4ccccc41)B3c1ccc(-c3c(C(C)(C)C)cccc3C(C)(C)C)cc1N2c1ccc(C(C)(C)C)cc1. The molecule has 14 rings (SSSR count). The van der Waals surface area contributed by atoms with Gasteiger partial charge in [0.25, 0.3) is 6.71 Å². The molecule has 1 aromatic heterocycles. The number of anilines is 6. The van der Waals surface area contributed by atoms with E-state index >= 15 is 0 Å². The summed E-state index contributed by atoms with van der Waals surface area (Å²) in [6.07, 6.45) is 0. The molecule has 10 aromatic rings. The van der Waals surface area contributed by atoms with Crippen LogP contribution in [0.5, 0.6) is 0 Å². The van der Waals surface area contributed by atoms with Crippen LogP contribution >= 0.6 is 11.3 Å². The van der Waals surface area contributed by atoms with E-state index in [1.165, 1.54) is 149 Å². The molecule has 0 unspecified atom stereocenters. The van der Waals surface area contributed by atoms with Crippen molar-refractivity contribution in [1.82, 2.24) is 0 Å². The fourth-order valence-corrected chi connectivity index (χ4v) is 16.0. The third kappa shape index (κ3) is 7.57. The molecule has 4 heteroatoms. The monoisotopic (exact) mass is 1070 g/mol. The minimum Gasteiger partial charge on any atom is -0.311 e. The zero-order valence-electron chi connectivity index (χ0n) is 50.2. The van der Waals surface area contributed by atoms with Crippen LogP contribution in [0.25, 0.3) is 43.5 Å². The summed E-state index contributed by atoms with van der Waals surface area (Å²) >= 11 is 2.02. The smallest absolute Gasteiger partial charge is 0.264 e. The van der Waals surface area contributed by atoms with Crippen molar-refractivity contribution in [2.24, 2.45) is 0 Å². The van der Waals surface area contributed by atoms with Crippen LogP contribution in [0.4, 0.5) is 34.1 Å². The van der Waals surface area contributed by atoms with Crippen molar-refractivity contribution in [3.05, 3.63) is 232 Å². The lowest BCUT2D eigenvalue weighted by Crippen LogP contribution is -2.60. The first kappa shape index (κ1) is 51.7. The van der Waals surface area contributed by atoms with E-state index in [1.54, 1.807) is 0 Å². The zero-order chi connectivity index (χ0) is 56.6. The standard InChI is InChI=1S/C77H75BN2S/c1-45(2)47-27-37-55-56-43-57-68(44-63(56)77(62(55)41-47)58-23-18-16-21-53(58)54-22-17-19-24-59(54)77)81-72-71(57)80(52-35-31-50(32-36-52)74(7,8)9)67-40-46(3)39-66-70(67)78(72)64-38-28-48(69-60(75(10,11)12)25-20-26-61(69)76(13,14)15)42-65(64)79(66)51-33-29-49(30-34-51)73(4,5)6/h16-45H,1-15H3. The van der Waals surface area contributed by atoms with Crippen LogP contribution in [0.15, 0.2) is 176 Å². The van der Waals surface area contributed by atoms with E-state index in [-0.39, 0.29) is 28.4 Å². The molecule has 2 aliphatic heterocycles. The molecule has 0 atom stereocenters. The van der Waals surface area contributed by atoms with Crippen molar-refractivity contribution >= 4 is 78.0 Å². The number of thiophene rings is 1. The normalized spacial score (nSPS) is 14.7. The van der Waals surface area contributed by atoms with Crippen molar-refractivity contribution in [3.63, 3.8) is 0 Å². The molecule has 9 aromatic carbocycles. The van der Waals surface area contributed by atoms with Gasteiger partial charge >= 0.3 is 0 Å². The highest BCUT2D eigenvalue weighted by atomic mass is 32.1. The van der Waals surface area contributed by atoms with Crippen LogP contribution in [0, 0.1) is 6.92 Å². The Bertz CT molecular complexity index is 4180. The van der Waals surface area contributed by atoms with Gasteiger partial charge in [0.1, 0.15) is 0 Å². The Morgan fingerprint density at radius 2 is 0.988 bits per heavy atom. The van der Waals surface area contributed by atoms with Gasteiger partial charge in [-0.15, -0.1) is 11.3 Å². The predicted molar refractivity (Wildman–Crippen MR) is 351 cm³/mol. The topological polar surface area (TPSA) is 6.48 Å². The molecule has 2 nitrogen and oxygen atoms in total. The average molecular weight is 1070 g/mol. The van der Waals surface area contributed by atoms with Crippen molar-refractivity contribution < 1.29 is 0 Å². The molecule has 0 bridgehead atoms. The molecule has 0 saturated heterocycles. The lowest BCUT2D eigenvalue weighted by atomic mass is 9.36. The highest BCUT2D eigenvalue weighted by Gasteiger charge is 2.53. The summed E-state index contributed by atoms with van der Waals surface area (Å²) in [6, 6.07) is 69.8. The summed E-state index contributed by atoms with van der Waals surface area (Å²) < 4.78 is 2.72. The first-order valence-corrected chi connectivity index (χ1v) is 30.5. The van der Waals surface area contributed by atoms with Crippen LogP contribution in [0.3, 0.4) is 0 Å². The fraction of sp³-hybridized carbons (Fsp3) is 0.273. The molecular formula is C77H75BN2S. The molecule has 3 heterocycles. The number of fused-ring (bicyclic) bond motifs is 16. The summed E-state index contributed by atoms with van der Waals surface area (Å²) in [5.41, 5.74) is 31.1. The molecule has 0 N–H and O–H groups in total. The molecule has 4 aliphatic rings. The maximum atomic E-state index is 2.67. The minimum absolute atomic E-state index is 0.0116. The Morgan fingerprint density at radius 3 is 1.54 bits per heavy atom. The first-order chi connectivity index (χ1) is 38.4. The largest absolute Gasteiger partial charge is 0.311 e. The maximum absolute atomic E-state index is 2.67. The quantitative estimate of drug-likeness (QED) is 0.162. The fourth-order valence-electron chi connectivity index (χ4n) is 14.7. The van der Waals surface area contributed by atoms with Gasteiger partial charge in [-0.2, -0.15) is 0 Å². The maximum Gasteiger partial charge on any atom is 0.264 e. The van der Waals surface area contributed by atoms with Crippen LogP contribution in [0.1, 0.15) is 158 Å². The Labute approximate surface area is 486 Å². The third-order valence-corrected chi connectivity index (χ3v) is 19.9. The van der Waals surface area contributed by atoms with Crippen molar-refractivity contribution in [3.8, 4) is 33.4 Å². The van der Waals surface area contributed by atoms with Gasteiger partial charge in [0.15, 0.2) is 0 Å². The van der Waals surface area contributed by atoms with Gasteiger partial charge in [-0.1, -0.05) is 218 Å². The number of nitrogens with zero attached hydrogens (tertiary/aromatic N) is 2. The van der Waals surface area contributed by atoms with Gasteiger partial charge in [0, 0.05) is 43.3 Å². The molecule has 2 aliphatic carbocycles. The van der Waals surface area contributed by atoms with Gasteiger partial charge < -0.3 is 9.80 Å². The van der Waals surface area contributed by atoms with Gasteiger partial charge in [0.2, 0.25) is 0 Å². The van der Waals surface area contributed by atoms with Crippen LogP contribution < -0.4 is 25.5 Å². The molecule has 1 spiro atoms. The summed E-state index contributed by atoms with van der Waals surface area (Å²) in [5.74, 6) is 0.395. The predicted octanol–water partition coefficient (Wildman–Crippen LogP) is 19.6. The average Bonchev–Trinajstić information content (AvgIpc) is 4.21. The van der Waals surface area contributed by atoms with E-state index < -0.39 is 5.41 Å². The van der Waals surface area contributed by atoms with Gasteiger partial charge in [-0.25, -0.2) is 0 Å². The van der Waals surface area contributed by atoms with Crippen LogP contribution in [-0.2, 0) is 27.1 Å². The molecule has 0 radical (unpaired) electrons. The second-order valence-corrected chi connectivity index (χ2v) is 29.5. The second-order valence-electron chi connectivity index (χ2n) is 28.4. The Hall–Kier alpha value is -7.40. The number of rotatable bonds is 4. The van der Waals surface area contributed by atoms with Gasteiger partial charge in [0.05, 0.1) is 11.1 Å². The van der Waals surface area contributed by atoms with Crippen molar-refractivity contribution in [2.75, 3.05) is 9.80 Å². The number of hydrogen-bond acceptors (Lipinski definition) is 3. The molecule has 81 heavy (non-hydrogen) atoms. The molecule has 0 fully saturated rings. The van der Waals surface area contributed by atoms with E-state index in [0.29, 0.717) is 5.92 Å². The summed E-state index contributed by atoms with van der Waals surface area (Å²) in [4.78, 5) is 5.29. The third-order valence-electron chi connectivity index (χ3n) is 18.7. The number of benzene rings is 9. The van der Waals surface area contributed by atoms with E-state index in [9.17, 15) is 0 Å². The molecular weight excluding hydrogens is 996 g/mol. The minimum atomic E-state index is -0.455. The molecule has 402 valence electrons. The molecule has 0 amide bonds. The second kappa shape index (κ2) is 17.6. The lowest BCUT2D eigenvalue weighted by Gasteiger charge is -2.43. The number of hydrogen-bond donors (Lipinski definition) is 0. The van der Waals surface area contributed by atoms with Crippen LogP contribution in [0.2, 0.25) is 0 Å². The van der Waals surface area contributed by atoms with Crippen molar-refractivity contribution in [2.45, 2.75) is 137 Å². The lowest BCUT2D eigenvalue weighted by molar-refractivity contribution is 0.572. The van der Waals surface area contributed by atoms with E-state index in [2.05, 4.69) is 290 Å². The first-order valence-electron chi connectivity index (χ1n) is 29.6. The Balaban J connectivity index is 1.09. The number of aryl methyl sites for hydroxylation is 1. The molecule has 0 saturated carbocycles. The van der Waals surface area contributed by atoms with Crippen molar-refractivity contribution in [1.29, 1.82) is 0 Å². The van der Waals surface area contributed by atoms with Crippen LogP contribution in [-0.4, -0.2) is 6.71 Å². The van der Waals surface area contributed by atoms with Gasteiger partial charge in [-0.3, -0.25) is 0 Å². The highest BCUT2D eigenvalue weighted by Crippen LogP contribution is 2.64.